The molecule has 1 spiro atoms. The molecule has 4 aromatic rings. The molecule has 0 unspecified atom stereocenters. The molecule has 14 heteroatoms. The quantitative estimate of drug-likeness (QED) is 0.193. The smallest absolute Gasteiger partial charge is 0.325 e. The number of fused-ring (bicyclic) bond motifs is 2. The van der Waals surface area contributed by atoms with E-state index in [4.69, 9.17) is 5.10 Å². The molecule has 13 nitrogen and oxygen atoms in total. The number of methoxy groups -OCH3 is 1. The fraction of sp³-hybridized carbons (Fsp3) is 0.424. The van der Waals surface area contributed by atoms with Crippen molar-refractivity contribution in [2.45, 2.75) is 38.1 Å². The van der Waals surface area contributed by atoms with Gasteiger partial charge in [-0.15, -0.1) is 0 Å². The summed E-state index contributed by atoms with van der Waals surface area (Å²) in [6.07, 6.45) is 4.35. The zero-order valence-electron chi connectivity index (χ0n) is 26.5. The van der Waals surface area contributed by atoms with Crippen molar-refractivity contribution in [2.24, 2.45) is 12.5 Å². The summed E-state index contributed by atoms with van der Waals surface area (Å²) in [5.41, 5.74) is 3.18. The van der Waals surface area contributed by atoms with E-state index in [1.807, 2.05) is 12.1 Å². The molecule has 3 amide bonds. The fourth-order valence-electron chi connectivity index (χ4n) is 6.84. The molecule has 1 saturated heterocycles. The number of amides is 3. The Balaban J connectivity index is 1.30. The Morgan fingerprint density at radius 2 is 1.91 bits per heavy atom. The lowest BCUT2D eigenvalue weighted by Crippen LogP contribution is -2.63. The lowest BCUT2D eigenvalue weighted by molar-refractivity contribution is -0.151. The third kappa shape index (κ3) is 6.07. The topological polar surface area (TPSA) is 149 Å². The standard InChI is InChI=1S/C33H36FN7O6/c1-38(16-27(43)35-15-30(46)47-3)29(45)17-41-25-7-4-6-22(23-11-26-20(10-24(23)34)14-36-39(26)2)31(25)32(37-41)21-12-33(13-21)18-40(19-33)28(44)8-5-9-42/h4,6-7,9-11,14,21H,5,8,12-13,15-19H2,1-3H3,(H,35,43). The van der Waals surface area contributed by atoms with E-state index in [-0.39, 0.29) is 55.6 Å². The van der Waals surface area contributed by atoms with Gasteiger partial charge in [-0.25, -0.2) is 4.39 Å². The molecule has 0 atom stereocenters. The van der Waals surface area contributed by atoms with Gasteiger partial charge in [0.2, 0.25) is 17.7 Å². The first-order chi connectivity index (χ1) is 22.5. The predicted octanol–water partition coefficient (Wildman–Crippen LogP) is 2.16. The maximum absolute atomic E-state index is 15.7. The number of aromatic nitrogens is 4. The van der Waals surface area contributed by atoms with E-state index >= 15 is 4.39 Å². The predicted molar refractivity (Wildman–Crippen MR) is 168 cm³/mol. The fourth-order valence-corrected chi connectivity index (χ4v) is 6.84. The van der Waals surface area contributed by atoms with Gasteiger partial charge in [0.1, 0.15) is 25.2 Å². The monoisotopic (exact) mass is 645 g/mol. The summed E-state index contributed by atoms with van der Waals surface area (Å²) in [6, 6.07) is 8.74. The number of carbonyl (C=O) groups excluding carboxylic acids is 5. The summed E-state index contributed by atoms with van der Waals surface area (Å²) in [5, 5.41) is 13.0. The van der Waals surface area contributed by atoms with Gasteiger partial charge in [-0.05, 0) is 36.6 Å². The first kappa shape index (κ1) is 31.8. The maximum atomic E-state index is 15.7. The average Bonchev–Trinajstić information content (AvgIpc) is 3.56. The number of carbonyl (C=O) groups is 5. The van der Waals surface area contributed by atoms with Crippen molar-refractivity contribution in [2.75, 3.05) is 40.3 Å². The van der Waals surface area contributed by atoms with Crippen molar-refractivity contribution < 1.29 is 33.1 Å². The van der Waals surface area contributed by atoms with Gasteiger partial charge in [-0.2, -0.15) is 10.2 Å². The van der Waals surface area contributed by atoms with Gasteiger partial charge in [-0.1, -0.05) is 12.1 Å². The van der Waals surface area contributed by atoms with Gasteiger partial charge in [0.05, 0.1) is 36.6 Å². The van der Waals surface area contributed by atoms with Gasteiger partial charge in [0, 0.05) is 67.7 Å². The van der Waals surface area contributed by atoms with E-state index < -0.39 is 17.7 Å². The van der Waals surface area contributed by atoms with E-state index in [0.29, 0.717) is 35.1 Å². The summed E-state index contributed by atoms with van der Waals surface area (Å²) in [5.74, 6) is -1.90. The highest BCUT2D eigenvalue weighted by Gasteiger charge is 2.54. The number of halogens is 1. The number of likely N-dealkylation sites (N-methyl/N-ethyl adjacent to an activating group) is 1. The first-order valence-corrected chi connectivity index (χ1v) is 15.4. The Bertz CT molecular complexity index is 1900. The zero-order valence-corrected chi connectivity index (χ0v) is 26.5. The summed E-state index contributed by atoms with van der Waals surface area (Å²) in [6.45, 7) is 0.513. The summed E-state index contributed by atoms with van der Waals surface area (Å²) in [4.78, 5) is 63.1. The number of hydrogen-bond donors (Lipinski definition) is 1. The number of hydrogen-bond acceptors (Lipinski definition) is 8. The molecular weight excluding hydrogens is 609 g/mol. The van der Waals surface area contributed by atoms with Crippen LogP contribution in [0.3, 0.4) is 0 Å². The molecule has 6 rings (SSSR count). The molecule has 246 valence electrons. The van der Waals surface area contributed by atoms with Crippen LogP contribution in [0.2, 0.25) is 0 Å². The zero-order chi connectivity index (χ0) is 33.5. The highest BCUT2D eigenvalue weighted by atomic mass is 19.1. The second-order valence-electron chi connectivity index (χ2n) is 12.6. The van der Waals surface area contributed by atoms with E-state index in [0.717, 1.165) is 35.7 Å². The number of nitrogens with zero attached hydrogens (tertiary/aromatic N) is 6. The molecule has 0 radical (unpaired) electrons. The van der Waals surface area contributed by atoms with Crippen molar-refractivity contribution in [1.29, 1.82) is 0 Å². The van der Waals surface area contributed by atoms with E-state index in [1.54, 1.807) is 39.6 Å². The van der Waals surface area contributed by atoms with Crippen LogP contribution in [0.4, 0.5) is 4.39 Å². The van der Waals surface area contributed by atoms with Crippen molar-refractivity contribution in [3.63, 3.8) is 0 Å². The van der Waals surface area contributed by atoms with E-state index in [2.05, 4.69) is 15.2 Å². The normalized spacial score (nSPS) is 15.4. The first-order valence-electron chi connectivity index (χ1n) is 15.4. The third-order valence-electron chi connectivity index (χ3n) is 9.31. The third-order valence-corrected chi connectivity index (χ3v) is 9.31. The highest BCUT2D eigenvalue weighted by molar-refractivity contribution is 6.00. The number of esters is 1. The molecule has 2 aromatic carbocycles. The molecule has 2 aromatic heterocycles. The number of benzene rings is 2. The lowest BCUT2D eigenvalue weighted by Gasteiger charge is -2.59. The molecule has 1 aliphatic carbocycles. The second kappa shape index (κ2) is 12.6. The number of rotatable bonds is 11. The van der Waals surface area contributed by atoms with Crippen LogP contribution >= 0.6 is 0 Å². The van der Waals surface area contributed by atoms with Crippen molar-refractivity contribution in [3.8, 4) is 11.1 Å². The minimum absolute atomic E-state index is 0.0209. The maximum Gasteiger partial charge on any atom is 0.325 e. The lowest BCUT2D eigenvalue weighted by atomic mass is 9.56. The number of aldehydes is 1. The molecule has 3 heterocycles. The molecule has 47 heavy (non-hydrogen) atoms. The van der Waals surface area contributed by atoms with Crippen LogP contribution in [0.25, 0.3) is 32.9 Å². The SMILES string of the molecule is COC(=O)CNC(=O)CN(C)C(=O)Cn1nc(C2CC3(C2)CN(C(=O)CCC=O)C3)c2c(-c3cc4c(cnn4C)cc3F)cccc21. The number of ether oxygens (including phenoxy) is 1. The Labute approximate surface area is 269 Å². The molecule has 1 saturated carbocycles. The summed E-state index contributed by atoms with van der Waals surface area (Å²) >= 11 is 0. The van der Waals surface area contributed by atoms with Crippen LogP contribution in [0.15, 0.2) is 36.5 Å². The largest absolute Gasteiger partial charge is 0.468 e. The Hall–Kier alpha value is -5.14. The van der Waals surface area contributed by atoms with Crippen molar-refractivity contribution >= 4 is 51.8 Å². The van der Waals surface area contributed by atoms with Gasteiger partial charge < -0.3 is 24.6 Å². The minimum Gasteiger partial charge on any atom is -0.468 e. The summed E-state index contributed by atoms with van der Waals surface area (Å²) < 4.78 is 23.5. The number of likely N-dealkylation sites (tertiary alicyclic amines) is 1. The highest BCUT2D eigenvalue weighted by Crippen LogP contribution is 2.57. The van der Waals surface area contributed by atoms with Gasteiger partial charge in [-0.3, -0.25) is 28.5 Å². The Morgan fingerprint density at radius 3 is 2.64 bits per heavy atom. The van der Waals surface area contributed by atoms with Gasteiger partial charge in [0.25, 0.3) is 0 Å². The van der Waals surface area contributed by atoms with Crippen LogP contribution in [0, 0.1) is 11.2 Å². The number of aryl methyl sites for hydroxylation is 1. The molecule has 1 aliphatic heterocycles. The summed E-state index contributed by atoms with van der Waals surface area (Å²) in [7, 11) is 4.50. The van der Waals surface area contributed by atoms with Crippen molar-refractivity contribution in [1.82, 2.24) is 34.7 Å². The van der Waals surface area contributed by atoms with E-state index in [9.17, 15) is 24.0 Å². The molecule has 2 fully saturated rings. The van der Waals surface area contributed by atoms with Gasteiger partial charge >= 0.3 is 5.97 Å². The van der Waals surface area contributed by atoms with Gasteiger partial charge in [0.15, 0.2) is 0 Å². The Kier molecular flexibility index (Phi) is 8.51. The number of nitrogens with one attached hydrogen (secondary N) is 1. The average molecular weight is 646 g/mol. The molecule has 2 aliphatic rings. The second-order valence-corrected chi connectivity index (χ2v) is 12.6. The molecular formula is C33H36FN7O6. The molecule has 1 N–H and O–H groups in total. The van der Waals surface area contributed by atoms with Crippen molar-refractivity contribution in [3.05, 3.63) is 48.0 Å². The van der Waals surface area contributed by atoms with Crippen LogP contribution in [0.5, 0.6) is 0 Å². The van der Waals surface area contributed by atoms with Crippen LogP contribution in [0.1, 0.15) is 37.3 Å². The van der Waals surface area contributed by atoms with Crippen LogP contribution in [-0.4, -0.2) is 99.7 Å². The van der Waals surface area contributed by atoms with E-state index in [1.165, 1.54) is 25.1 Å². The van der Waals surface area contributed by atoms with Crippen LogP contribution in [-0.2, 0) is 42.3 Å². The van der Waals surface area contributed by atoms with Crippen LogP contribution < -0.4 is 5.32 Å². The molecule has 0 bridgehead atoms. The Morgan fingerprint density at radius 1 is 1.15 bits per heavy atom. The minimum atomic E-state index is -0.602.